The molecular weight excluding hydrogens is 392 g/mol. The summed E-state index contributed by atoms with van der Waals surface area (Å²) < 4.78 is 13.1. The Labute approximate surface area is 170 Å². The first-order valence-electron chi connectivity index (χ1n) is 8.97. The third-order valence-corrected chi connectivity index (χ3v) is 5.24. The molecule has 8 heteroatoms. The second-order valence-electron chi connectivity index (χ2n) is 6.72. The quantitative estimate of drug-likeness (QED) is 0.500. The van der Waals surface area contributed by atoms with Crippen LogP contribution in [0.3, 0.4) is 0 Å². The summed E-state index contributed by atoms with van der Waals surface area (Å²) >= 11 is 6.33. The number of carbonyl (C=O) groups is 1. The number of allylic oxidation sites excluding steroid dienone is 2. The van der Waals surface area contributed by atoms with Gasteiger partial charge in [0.2, 0.25) is 5.88 Å². The van der Waals surface area contributed by atoms with Gasteiger partial charge < -0.3 is 9.15 Å². The van der Waals surface area contributed by atoms with Gasteiger partial charge in [0.05, 0.1) is 22.8 Å². The van der Waals surface area contributed by atoms with Gasteiger partial charge >= 0.3 is 0 Å². The Balaban J connectivity index is 1.79. The van der Waals surface area contributed by atoms with Crippen LogP contribution in [0.2, 0.25) is 5.02 Å². The zero-order valence-electron chi connectivity index (χ0n) is 15.6. The fourth-order valence-corrected chi connectivity index (χ4v) is 3.91. The van der Waals surface area contributed by atoms with Crippen molar-refractivity contribution >= 4 is 23.0 Å². The molecule has 1 atom stereocenters. The number of hydrogen-bond donors (Lipinski definition) is 0. The number of Topliss-reactive ketones (excluding diaryl/α,β-unsaturated/α-hetero) is 1. The van der Waals surface area contributed by atoms with E-state index < -0.39 is 5.92 Å². The first-order chi connectivity index (χ1) is 14.0. The van der Waals surface area contributed by atoms with Crippen LogP contribution in [0.1, 0.15) is 31.1 Å². The molecule has 0 saturated heterocycles. The summed E-state index contributed by atoms with van der Waals surface area (Å²) in [4.78, 5) is 21.6. The standard InChI is InChI=1S/C21H15ClN4O3/c1-11(27)16-12(2)29-21-18(17(16)15-8-5-9-28-15)20-24-19(25-26(20)10-23-21)13-6-3-4-7-14(13)22/h3-10,17H,1-2H3/t17-/m1/s1. The van der Waals surface area contributed by atoms with Gasteiger partial charge in [-0.05, 0) is 38.1 Å². The normalized spacial score (nSPS) is 16.0. The van der Waals surface area contributed by atoms with E-state index in [1.165, 1.54) is 13.3 Å². The Hall–Kier alpha value is -3.45. The summed E-state index contributed by atoms with van der Waals surface area (Å²) in [6, 6.07) is 11.0. The molecule has 0 N–H and O–H groups in total. The molecule has 0 aliphatic carbocycles. The minimum atomic E-state index is -0.495. The fourth-order valence-electron chi connectivity index (χ4n) is 3.69. The van der Waals surface area contributed by atoms with Gasteiger partial charge in [0, 0.05) is 11.1 Å². The maximum atomic E-state index is 12.5. The molecule has 0 saturated carbocycles. The predicted octanol–water partition coefficient (Wildman–Crippen LogP) is 4.43. The predicted molar refractivity (Wildman–Crippen MR) is 106 cm³/mol. The number of aromatic nitrogens is 4. The summed E-state index contributed by atoms with van der Waals surface area (Å²) in [7, 11) is 0. The van der Waals surface area contributed by atoms with Gasteiger partial charge in [-0.1, -0.05) is 23.7 Å². The van der Waals surface area contributed by atoms with E-state index in [0.717, 1.165) is 0 Å². The van der Waals surface area contributed by atoms with Crippen LogP contribution in [0.25, 0.3) is 17.0 Å². The van der Waals surface area contributed by atoms with Gasteiger partial charge in [0.1, 0.15) is 17.8 Å². The third-order valence-electron chi connectivity index (χ3n) is 4.92. The molecule has 1 aliphatic heterocycles. The number of carbonyl (C=O) groups excluding carboxylic acids is 1. The lowest BCUT2D eigenvalue weighted by Crippen LogP contribution is -2.21. The van der Waals surface area contributed by atoms with Gasteiger partial charge in [-0.3, -0.25) is 4.79 Å². The molecule has 1 aromatic carbocycles. The van der Waals surface area contributed by atoms with E-state index in [9.17, 15) is 4.79 Å². The lowest BCUT2D eigenvalue weighted by atomic mass is 9.85. The van der Waals surface area contributed by atoms with Crippen molar-refractivity contribution in [2.45, 2.75) is 19.8 Å². The summed E-state index contributed by atoms with van der Waals surface area (Å²) in [6.07, 6.45) is 3.11. The van der Waals surface area contributed by atoms with Gasteiger partial charge in [-0.15, -0.1) is 5.10 Å². The van der Waals surface area contributed by atoms with Crippen molar-refractivity contribution in [1.82, 2.24) is 19.6 Å². The summed E-state index contributed by atoms with van der Waals surface area (Å²) in [5.74, 6) is 1.33. The number of fused-ring (bicyclic) bond motifs is 3. The molecule has 0 fully saturated rings. The zero-order chi connectivity index (χ0) is 20.1. The molecule has 5 rings (SSSR count). The molecule has 4 aromatic rings. The van der Waals surface area contributed by atoms with E-state index in [-0.39, 0.29) is 5.78 Å². The van der Waals surface area contributed by atoms with Crippen LogP contribution in [0.15, 0.2) is 64.7 Å². The van der Waals surface area contributed by atoms with Crippen molar-refractivity contribution in [3.05, 3.63) is 76.7 Å². The molecule has 0 spiro atoms. The number of ether oxygens (including phenoxy) is 1. The van der Waals surface area contributed by atoms with Crippen molar-refractivity contribution in [3.8, 4) is 17.3 Å². The highest BCUT2D eigenvalue weighted by Crippen LogP contribution is 2.44. The van der Waals surface area contributed by atoms with E-state index in [2.05, 4.69) is 10.1 Å². The highest BCUT2D eigenvalue weighted by Gasteiger charge is 2.37. The lowest BCUT2D eigenvalue weighted by molar-refractivity contribution is -0.114. The van der Waals surface area contributed by atoms with Crippen molar-refractivity contribution in [2.75, 3.05) is 0 Å². The Morgan fingerprint density at radius 2 is 2.03 bits per heavy atom. The molecule has 29 heavy (non-hydrogen) atoms. The Morgan fingerprint density at radius 1 is 1.21 bits per heavy atom. The Bertz CT molecular complexity index is 1290. The molecule has 144 valence electrons. The lowest BCUT2D eigenvalue weighted by Gasteiger charge is -2.26. The van der Waals surface area contributed by atoms with E-state index in [1.807, 2.05) is 24.3 Å². The average Bonchev–Trinajstić information content (AvgIpc) is 3.36. The van der Waals surface area contributed by atoms with Crippen LogP contribution in [0.4, 0.5) is 0 Å². The number of hydrogen-bond acceptors (Lipinski definition) is 6. The number of nitrogens with zero attached hydrogens (tertiary/aromatic N) is 4. The first kappa shape index (κ1) is 17.6. The number of benzene rings is 1. The molecule has 0 radical (unpaired) electrons. The molecule has 3 aromatic heterocycles. The smallest absolute Gasteiger partial charge is 0.228 e. The molecule has 0 amide bonds. The molecule has 1 aliphatic rings. The van der Waals surface area contributed by atoms with Crippen molar-refractivity contribution in [2.24, 2.45) is 0 Å². The Morgan fingerprint density at radius 3 is 2.76 bits per heavy atom. The van der Waals surface area contributed by atoms with Crippen LogP contribution in [-0.4, -0.2) is 25.4 Å². The minimum absolute atomic E-state index is 0.109. The molecular formula is C21H15ClN4O3. The zero-order valence-corrected chi connectivity index (χ0v) is 16.3. The van der Waals surface area contributed by atoms with Crippen molar-refractivity contribution < 1.29 is 13.9 Å². The number of rotatable bonds is 3. The largest absolute Gasteiger partial charge is 0.468 e. The van der Waals surface area contributed by atoms with Crippen LogP contribution in [0.5, 0.6) is 5.88 Å². The molecule has 4 heterocycles. The van der Waals surface area contributed by atoms with Gasteiger partial charge in [0.15, 0.2) is 17.3 Å². The molecule has 7 nitrogen and oxygen atoms in total. The first-order valence-corrected chi connectivity index (χ1v) is 9.35. The maximum Gasteiger partial charge on any atom is 0.228 e. The second kappa shape index (κ2) is 6.56. The second-order valence-corrected chi connectivity index (χ2v) is 7.13. The van der Waals surface area contributed by atoms with Crippen molar-refractivity contribution in [1.29, 1.82) is 0 Å². The summed E-state index contributed by atoms with van der Waals surface area (Å²) in [6.45, 7) is 3.26. The third kappa shape index (κ3) is 2.74. The maximum absolute atomic E-state index is 12.5. The van der Waals surface area contributed by atoms with Crippen LogP contribution in [0, 0.1) is 0 Å². The monoisotopic (exact) mass is 406 g/mol. The number of ketones is 1. The Kier molecular flexibility index (Phi) is 3.99. The highest BCUT2D eigenvalue weighted by atomic mass is 35.5. The number of halogens is 1. The van der Waals surface area contributed by atoms with Crippen LogP contribution >= 0.6 is 11.6 Å². The summed E-state index contributed by atoms with van der Waals surface area (Å²) in [5, 5.41) is 5.07. The van der Waals surface area contributed by atoms with Crippen LogP contribution < -0.4 is 4.74 Å². The molecule has 0 bridgehead atoms. The van der Waals surface area contributed by atoms with E-state index in [0.29, 0.717) is 50.6 Å². The van der Waals surface area contributed by atoms with Crippen LogP contribution in [-0.2, 0) is 4.79 Å². The van der Waals surface area contributed by atoms with Gasteiger partial charge in [-0.25, -0.2) is 14.5 Å². The SMILES string of the molecule is CC(=O)C1=C(C)Oc2ncn3nc(-c4ccccc4Cl)nc3c2[C@@H]1c1ccco1. The van der Waals surface area contributed by atoms with E-state index in [4.69, 9.17) is 25.7 Å². The highest BCUT2D eigenvalue weighted by molar-refractivity contribution is 6.33. The summed E-state index contributed by atoms with van der Waals surface area (Å²) in [5.41, 5.74) is 2.36. The van der Waals surface area contributed by atoms with Crippen molar-refractivity contribution in [3.63, 3.8) is 0 Å². The van der Waals surface area contributed by atoms with Gasteiger partial charge in [-0.2, -0.15) is 0 Å². The topological polar surface area (TPSA) is 82.5 Å². The fraction of sp³-hybridized carbons (Fsp3) is 0.143. The minimum Gasteiger partial charge on any atom is -0.468 e. The molecule has 0 unspecified atom stereocenters. The van der Waals surface area contributed by atoms with E-state index in [1.54, 1.807) is 29.8 Å². The number of furan rings is 1. The van der Waals surface area contributed by atoms with Gasteiger partial charge in [0.25, 0.3) is 0 Å². The van der Waals surface area contributed by atoms with E-state index >= 15 is 0 Å². The average molecular weight is 407 g/mol.